The number of benzene rings is 3. The van der Waals surface area contributed by atoms with Gasteiger partial charge >= 0.3 is 0 Å². The fourth-order valence-corrected chi connectivity index (χ4v) is 12.3. The molecule has 0 unspecified atom stereocenters. The van der Waals surface area contributed by atoms with Crippen LogP contribution in [0.5, 0.6) is 5.75 Å². The largest absolute Gasteiger partial charge is 0.497 e. The van der Waals surface area contributed by atoms with Crippen LogP contribution >= 0.6 is 0 Å². The van der Waals surface area contributed by atoms with Crippen LogP contribution in [0.15, 0.2) is 110 Å². The molecule has 6 atom stereocenters. The van der Waals surface area contributed by atoms with Crippen LogP contribution in [0.1, 0.15) is 92.1 Å². The Hall–Kier alpha value is -3.04. The van der Waals surface area contributed by atoms with Crippen molar-refractivity contribution >= 4 is 18.7 Å². The molecule has 1 fully saturated rings. The van der Waals surface area contributed by atoms with E-state index in [0.717, 1.165) is 43.4 Å². The van der Waals surface area contributed by atoms with Crippen LogP contribution in [0.3, 0.4) is 0 Å². The van der Waals surface area contributed by atoms with Gasteiger partial charge in [-0.1, -0.05) is 133 Å². The molecule has 6 nitrogen and oxygen atoms in total. The minimum atomic E-state index is -2.70. The van der Waals surface area contributed by atoms with Crippen LogP contribution in [0.25, 0.3) is 0 Å². The smallest absolute Gasteiger partial charge is 0.261 e. The summed E-state index contributed by atoms with van der Waals surface area (Å²) in [6.07, 6.45) is 9.67. The molecule has 0 spiro atoms. The average Bonchev–Trinajstić information content (AvgIpc) is 3.15. The second-order valence-corrected chi connectivity index (χ2v) is 20.7. The summed E-state index contributed by atoms with van der Waals surface area (Å²) in [5.41, 5.74) is 0.507. The zero-order valence-corrected chi connectivity index (χ0v) is 34.4. The summed E-state index contributed by atoms with van der Waals surface area (Å²) >= 11 is 0. The van der Waals surface area contributed by atoms with Gasteiger partial charge in [0.2, 0.25) is 0 Å². The Morgan fingerprint density at radius 2 is 1.49 bits per heavy atom. The zero-order chi connectivity index (χ0) is 38.5. The Balaban J connectivity index is 1.52. The Kier molecular flexibility index (Phi) is 16.1. The summed E-state index contributed by atoms with van der Waals surface area (Å²) in [6.45, 7) is 18.0. The van der Waals surface area contributed by atoms with Crippen molar-refractivity contribution in [2.24, 2.45) is 11.3 Å². The van der Waals surface area contributed by atoms with E-state index in [2.05, 4.69) is 121 Å². The van der Waals surface area contributed by atoms with Gasteiger partial charge < -0.3 is 28.8 Å². The highest BCUT2D eigenvalue weighted by Gasteiger charge is 2.50. The lowest BCUT2D eigenvalue weighted by molar-refractivity contribution is -0.143. The quantitative estimate of drug-likeness (QED) is 0.0891. The maximum Gasteiger partial charge on any atom is 0.261 e. The first kappa shape index (κ1) is 42.7. The summed E-state index contributed by atoms with van der Waals surface area (Å²) in [6, 6.07) is 29.3. The normalized spacial score (nSPS) is 19.4. The van der Waals surface area contributed by atoms with Gasteiger partial charge in [0.15, 0.2) is 0 Å². The first-order valence-electron chi connectivity index (χ1n) is 19.6. The predicted octanol–water partition coefficient (Wildman–Crippen LogP) is 8.78. The minimum Gasteiger partial charge on any atom is -0.497 e. The summed E-state index contributed by atoms with van der Waals surface area (Å²) in [5.74, 6) is 0.930. The van der Waals surface area contributed by atoms with E-state index < -0.39 is 25.9 Å². The third-order valence-electron chi connectivity index (χ3n) is 11.1. The molecule has 53 heavy (non-hydrogen) atoms. The summed E-state index contributed by atoms with van der Waals surface area (Å²) < 4.78 is 25.5. The van der Waals surface area contributed by atoms with Gasteiger partial charge in [-0.2, -0.15) is 0 Å². The van der Waals surface area contributed by atoms with E-state index in [4.69, 9.17) is 18.6 Å². The van der Waals surface area contributed by atoms with Crippen molar-refractivity contribution in [1.82, 2.24) is 0 Å². The van der Waals surface area contributed by atoms with E-state index in [1.54, 1.807) is 7.11 Å². The number of rotatable bonds is 20. The lowest BCUT2D eigenvalue weighted by Crippen LogP contribution is -2.66. The summed E-state index contributed by atoms with van der Waals surface area (Å²) in [7, 11) is -1.04. The number of methoxy groups -OCH3 is 1. The third-order valence-corrected chi connectivity index (χ3v) is 16.1. The first-order chi connectivity index (χ1) is 25.3. The molecule has 1 aliphatic heterocycles. The number of aliphatic hydroxyl groups excluding tert-OH is 2. The van der Waals surface area contributed by atoms with Crippen LogP contribution in [-0.4, -0.2) is 62.8 Å². The van der Waals surface area contributed by atoms with Crippen molar-refractivity contribution in [2.45, 2.75) is 129 Å². The van der Waals surface area contributed by atoms with Crippen LogP contribution in [0.4, 0.5) is 0 Å². The highest BCUT2D eigenvalue weighted by molar-refractivity contribution is 6.99. The second-order valence-electron chi connectivity index (χ2n) is 16.4. The SMILES string of the molecule is C=CC[C@H]1CCC[C@@H](C(C)(C)[C@@H](O)C[C@H](O)C[C@@H](/C=C\[C@@H](CC)CO[Si](c2ccccc2)(c2ccccc2)C(C)(C)C)OCc2ccc(OC)cc2)O1. The topological polar surface area (TPSA) is 77.4 Å². The molecule has 0 bridgehead atoms. The Bertz CT molecular complexity index is 1480. The van der Waals surface area contributed by atoms with Crippen molar-refractivity contribution < 1.29 is 28.8 Å². The van der Waals surface area contributed by atoms with Gasteiger partial charge in [-0.15, -0.1) is 6.58 Å². The molecule has 3 aromatic carbocycles. The van der Waals surface area contributed by atoms with Gasteiger partial charge in [0.25, 0.3) is 8.32 Å². The van der Waals surface area contributed by atoms with E-state index in [-0.39, 0.29) is 35.7 Å². The molecule has 2 N–H and O–H groups in total. The maximum atomic E-state index is 11.5. The number of hydrogen-bond acceptors (Lipinski definition) is 6. The van der Waals surface area contributed by atoms with Gasteiger partial charge in [0.05, 0.1) is 44.2 Å². The molecule has 0 aromatic heterocycles. The monoisotopic (exact) mass is 742 g/mol. The van der Waals surface area contributed by atoms with Crippen molar-refractivity contribution in [3.8, 4) is 5.75 Å². The molecule has 0 saturated carbocycles. The standard InChI is InChI=1S/C46H66O6Si/c1-9-18-39-19-17-24-44(52-39)46(6,7)43(48)32-37(47)31-40(50-33-36-26-28-38(49-8)29-27-36)30-25-35(10-2)34-51-53(45(3,4)5,41-20-13-11-14-21-41)42-22-15-12-16-23-42/h9,11-16,20-23,25-30,35,37,39-40,43-44,47-48H,1,10,17-19,24,31-34H2,2-8H3/b30-25-/t35-,37-,39+,40-,43+,44+/m1/s1. The highest BCUT2D eigenvalue weighted by atomic mass is 28.4. The lowest BCUT2D eigenvalue weighted by atomic mass is 9.75. The highest BCUT2D eigenvalue weighted by Crippen LogP contribution is 2.39. The van der Waals surface area contributed by atoms with Crippen molar-refractivity contribution in [3.63, 3.8) is 0 Å². The summed E-state index contributed by atoms with van der Waals surface area (Å²) in [4.78, 5) is 0. The van der Waals surface area contributed by atoms with Crippen LogP contribution in [0.2, 0.25) is 5.04 Å². The Morgan fingerprint density at radius 3 is 2.04 bits per heavy atom. The van der Waals surface area contributed by atoms with E-state index in [1.807, 2.05) is 30.3 Å². The molecule has 7 heteroatoms. The molecule has 4 rings (SSSR count). The van der Waals surface area contributed by atoms with E-state index in [1.165, 1.54) is 10.4 Å². The molecular weight excluding hydrogens is 677 g/mol. The van der Waals surface area contributed by atoms with Crippen molar-refractivity contribution in [2.75, 3.05) is 13.7 Å². The molecule has 0 aliphatic carbocycles. The van der Waals surface area contributed by atoms with E-state index in [0.29, 0.717) is 19.6 Å². The molecule has 290 valence electrons. The Labute approximate surface area is 321 Å². The molecule has 1 heterocycles. The van der Waals surface area contributed by atoms with Gasteiger partial charge in [-0.05, 0) is 77.6 Å². The van der Waals surface area contributed by atoms with Crippen LogP contribution in [-0.2, 0) is 20.5 Å². The van der Waals surface area contributed by atoms with Gasteiger partial charge in [0.1, 0.15) is 5.75 Å². The van der Waals surface area contributed by atoms with Gasteiger partial charge in [-0.3, -0.25) is 0 Å². The molecular formula is C46H66O6Si. The van der Waals surface area contributed by atoms with Crippen molar-refractivity contribution in [1.29, 1.82) is 0 Å². The second kappa shape index (κ2) is 20.0. The first-order valence-corrected chi connectivity index (χ1v) is 21.5. The maximum absolute atomic E-state index is 11.5. The van der Waals surface area contributed by atoms with Crippen molar-refractivity contribution in [3.05, 3.63) is 115 Å². The fraction of sp³-hybridized carbons (Fsp3) is 0.522. The Morgan fingerprint density at radius 1 is 0.868 bits per heavy atom. The third kappa shape index (κ3) is 11.5. The molecule has 1 saturated heterocycles. The van der Waals surface area contributed by atoms with E-state index >= 15 is 0 Å². The van der Waals surface area contributed by atoms with Gasteiger partial charge in [0, 0.05) is 18.4 Å². The van der Waals surface area contributed by atoms with Crippen LogP contribution < -0.4 is 15.1 Å². The zero-order valence-electron chi connectivity index (χ0n) is 33.4. The molecule has 0 radical (unpaired) electrons. The minimum absolute atomic E-state index is 0.0775. The molecule has 0 amide bonds. The molecule has 1 aliphatic rings. The number of ether oxygens (including phenoxy) is 3. The summed E-state index contributed by atoms with van der Waals surface area (Å²) in [5, 5.41) is 25.4. The number of aliphatic hydroxyl groups is 2. The van der Waals surface area contributed by atoms with Gasteiger partial charge in [-0.25, -0.2) is 0 Å². The average molecular weight is 743 g/mol. The lowest BCUT2D eigenvalue weighted by Gasteiger charge is -2.43. The predicted molar refractivity (Wildman–Crippen MR) is 220 cm³/mol. The fourth-order valence-electron chi connectivity index (χ4n) is 7.66. The molecule has 3 aromatic rings. The number of hydrogen-bond donors (Lipinski definition) is 2. The van der Waals surface area contributed by atoms with Crippen LogP contribution in [0, 0.1) is 11.3 Å². The van der Waals surface area contributed by atoms with E-state index in [9.17, 15) is 10.2 Å².